The molecule has 5 heteroatoms. The lowest BCUT2D eigenvalue weighted by atomic mass is 10.1. The van der Waals surface area contributed by atoms with Crippen LogP contribution in [0.5, 0.6) is 0 Å². The molecule has 2 aromatic rings. The molecule has 3 rings (SSSR count). The number of nitrogens with zero attached hydrogens (tertiary/aromatic N) is 2. The van der Waals surface area contributed by atoms with Crippen molar-refractivity contribution in [3.63, 3.8) is 0 Å². The van der Waals surface area contributed by atoms with Crippen LogP contribution < -0.4 is 4.90 Å². The minimum Gasteiger partial charge on any atom is -0.478 e. The number of aromatic carboxylic acids is 1. The number of carboxylic acid groups (broad SMARTS) is 1. The number of amides is 1. The third kappa shape index (κ3) is 4.38. The van der Waals surface area contributed by atoms with Gasteiger partial charge in [-0.2, -0.15) is 0 Å². The minimum absolute atomic E-state index is 0.0954. The lowest BCUT2D eigenvalue weighted by molar-refractivity contribution is -0.130. The van der Waals surface area contributed by atoms with Gasteiger partial charge in [0.25, 0.3) is 0 Å². The normalized spacial score (nSPS) is 14.9. The minimum atomic E-state index is -0.952. The Morgan fingerprint density at radius 1 is 0.880 bits per heavy atom. The SMILES string of the molecule is O=C(O)c1ccc(CC(=O)N2CCCN(c3ccccc3)CC2)cc1. The first-order valence-corrected chi connectivity index (χ1v) is 8.53. The van der Waals surface area contributed by atoms with Crippen molar-refractivity contribution in [1.29, 1.82) is 0 Å². The van der Waals surface area contributed by atoms with E-state index in [9.17, 15) is 9.59 Å². The maximum absolute atomic E-state index is 12.6. The number of anilines is 1. The molecule has 1 amide bonds. The zero-order valence-electron chi connectivity index (χ0n) is 14.1. The molecule has 0 bridgehead atoms. The maximum atomic E-state index is 12.6. The molecule has 1 aliphatic heterocycles. The summed E-state index contributed by atoms with van der Waals surface area (Å²) in [5.74, 6) is -0.857. The number of para-hydroxylation sites is 1. The number of carbonyl (C=O) groups excluding carboxylic acids is 1. The molecular formula is C20H22N2O3. The predicted octanol–water partition coefficient (Wildman–Crippen LogP) is 2.67. The molecule has 0 radical (unpaired) electrons. The first kappa shape index (κ1) is 17.0. The molecule has 0 spiro atoms. The molecule has 0 aliphatic carbocycles. The number of carbonyl (C=O) groups is 2. The van der Waals surface area contributed by atoms with E-state index in [0.717, 1.165) is 31.6 Å². The number of rotatable bonds is 4. The highest BCUT2D eigenvalue weighted by Gasteiger charge is 2.19. The van der Waals surface area contributed by atoms with Crippen LogP contribution in [-0.4, -0.2) is 48.1 Å². The average Bonchev–Trinajstić information content (AvgIpc) is 2.89. The van der Waals surface area contributed by atoms with Crippen molar-refractivity contribution in [3.8, 4) is 0 Å². The van der Waals surface area contributed by atoms with Crippen LogP contribution in [-0.2, 0) is 11.2 Å². The fourth-order valence-electron chi connectivity index (χ4n) is 3.12. The lowest BCUT2D eigenvalue weighted by Crippen LogP contribution is -2.36. The molecule has 0 unspecified atom stereocenters. The van der Waals surface area contributed by atoms with Crippen molar-refractivity contribution in [2.24, 2.45) is 0 Å². The Hall–Kier alpha value is -2.82. The molecule has 130 valence electrons. The summed E-state index contributed by atoms with van der Waals surface area (Å²) in [6.07, 6.45) is 1.25. The van der Waals surface area contributed by atoms with Gasteiger partial charge in [-0.1, -0.05) is 30.3 Å². The van der Waals surface area contributed by atoms with E-state index in [1.807, 2.05) is 23.1 Å². The smallest absolute Gasteiger partial charge is 0.335 e. The summed E-state index contributed by atoms with van der Waals surface area (Å²) in [4.78, 5) is 27.7. The van der Waals surface area contributed by atoms with Crippen LogP contribution in [0.3, 0.4) is 0 Å². The molecule has 1 fully saturated rings. The molecule has 1 saturated heterocycles. The van der Waals surface area contributed by atoms with Gasteiger partial charge in [0, 0.05) is 31.9 Å². The van der Waals surface area contributed by atoms with E-state index in [1.165, 1.54) is 5.69 Å². The van der Waals surface area contributed by atoms with Gasteiger partial charge in [0.2, 0.25) is 5.91 Å². The number of hydrogen-bond acceptors (Lipinski definition) is 3. The van der Waals surface area contributed by atoms with Gasteiger partial charge in [-0.05, 0) is 36.2 Å². The Morgan fingerprint density at radius 2 is 1.60 bits per heavy atom. The topological polar surface area (TPSA) is 60.9 Å². The lowest BCUT2D eigenvalue weighted by Gasteiger charge is -2.23. The largest absolute Gasteiger partial charge is 0.478 e. The van der Waals surface area contributed by atoms with Gasteiger partial charge in [-0.3, -0.25) is 4.79 Å². The highest BCUT2D eigenvalue weighted by molar-refractivity contribution is 5.87. The second-order valence-electron chi connectivity index (χ2n) is 6.24. The zero-order valence-corrected chi connectivity index (χ0v) is 14.1. The third-order valence-corrected chi connectivity index (χ3v) is 4.53. The van der Waals surface area contributed by atoms with Gasteiger partial charge < -0.3 is 14.9 Å². The Bertz CT molecular complexity index is 728. The van der Waals surface area contributed by atoms with Crippen molar-refractivity contribution in [1.82, 2.24) is 4.90 Å². The summed E-state index contributed by atoms with van der Waals surface area (Å²) < 4.78 is 0. The Morgan fingerprint density at radius 3 is 2.28 bits per heavy atom. The zero-order chi connectivity index (χ0) is 17.6. The van der Waals surface area contributed by atoms with Crippen molar-refractivity contribution in [2.45, 2.75) is 12.8 Å². The Balaban J connectivity index is 1.58. The van der Waals surface area contributed by atoms with Crippen molar-refractivity contribution < 1.29 is 14.7 Å². The van der Waals surface area contributed by atoms with E-state index >= 15 is 0 Å². The van der Waals surface area contributed by atoms with E-state index in [0.29, 0.717) is 13.0 Å². The third-order valence-electron chi connectivity index (χ3n) is 4.53. The predicted molar refractivity (Wildman–Crippen MR) is 97.0 cm³/mol. The number of carboxylic acids is 1. The highest BCUT2D eigenvalue weighted by Crippen LogP contribution is 2.16. The molecule has 0 atom stereocenters. The van der Waals surface area contributed by atoms with Gasteiger partial charge in [0.05, 0.1) is 12.0 Å². The quantitative estimate of drug-likeness (QED) is 0.931. The fraction of sp³-hybridized carbons (Fsp3) is 0.300. The van der Waals surface area contributed by atoms with E-state index in [1.54, 1.807) is 24.3 Å². The van der Waals surface area contributed by atoms with E-state index < -0.39 is 5.97 Å². The molecular weight excluding hydrogens is 316 g/mol. The first-order chi connectivity index (χ1) is 12.1. The van der Waals surface area contributed by atoms with E-state index in [4.69, 9.17) is 5.11 Å². The van der Waals surface area contributed by atoms with Crippen LogP contribution >= 0.6 is 0 Å². The van der Waals surface area contributed by atoms with Crippen LogP contribution in [0.15, 0.2) is 54.6 Å². The number of hydrogen-bond donors (Lipinski definition) is 1. The summed E-state index contributed by atoms with van der Waals surface area (Å²) in [5.41, 5.74) is 2.28. The Labute approximate surface area is 147 Å². The summed E-state index contributed by atoms with van der Waals surface area (Å²) >= 11 is 0. The maximum Gasteiger partial charge on any atom is 0.335 e. The fourth-order valence-corrected chi connectivity index (χ4v) is 3.12. The van der Waals surface area contributed by atoms with Gasteiger partial charge in [0.15, 0.2) is 0 Å². The molecule has 2 aromatic carbocycles. The number of benzene rings is 2. The van der Waals surface area contributed by atoms with Crippen molar-refractivity contribution in [3.05, 3.63) is 65.7 Å². The van der Waals surface area contributed by atoms with Crippen LogP contribution in [0.4, 0.5) is 5.69 Å². The molecule has 1 N–H and O–H groups in total. The van der Waals surface area contributed by atoms with E-state index in [2.05, 4.69) is 17.0 Å². The average molecular weight is 338 g/mol. The van der Waals surface area contributed by atoms with Gasteiger partial charge >= 0.3 is 5.97 Å². The molecule has 5 nitrogen and oxygen atoms in total. The second-order valence-corrected chi connectivity index (χ2v) is 6.24. The van der Waals surface area contributed by atoms with Crippen molar-refractivity contribution in [2.75, 3.05) is 31.1 Å². The standard InChI is InChI=1S/C20H22N2O3/c23-19(15-16-7-9-17(10-8-16)20(24)25)22-12-4-11-21(13-14-22)18-5-2-1-3-6-18/h1-3,5-10H,4,11-15H2,(H,24,25). The monoisotopic (exact) mass is 338 g/mol. The van der Waals surface area contributed by atoms with Crippen LogP contribution in [0.2, 0.25) is 0 Å². The highest BCUT2D eigenvalue weighted by atomic mass is 16.4. The summed E-state index contributed by atoms with van der Waals surface area (Å²) in [7, 11) is 0. The second kappa shape index (κ2) is 7.83. The van der Waals surface area contributed by atoms with Crippen LogP contribution in [0.1, 0.15) is 22.3 Å². The summed E-state index contributed by atoms with van der Waals surface area (Å²) in [6.45, 7) is 3.24. The molecule has 1 heterocycles. The van der Waals surface area contributed by atoms with E-state index in [-0.39, 0.29) is 11.5 Å². The molecule has 0 saturated carbocycles. The molecule has 0 aromatic heterocycles. The van der Waals surface area contributed by atoms with Gasteiger partial charge in [-0.25, -0.2) is 4.79 Å². The first-order valence-electron chi connectivity index (χ1n) is 8.53. The van der Waals surface area contributed by atoms with Gasteiger partial charge in [-0.15, -0.1) is 0 Å². The van der Waals surface area contributed by atoms with Crippen molar-refractivity contribution >= 4 is 17.6 Å². The summed E-state index contributed by atoms with van der Waals surface area (Å²) in [6, 6.07) is 16.8. The molecule has 25 heavy (non-hydrogen) atoms. The summed E-state index contributed by atoms with van der Waals surface area (Å²) in [5, 5.41) is 8.93. The Kier molecular flexibility index (Phi) is 5.33. The van der Waals surface area contributed by atoms with Gasteiger partial charge in [0.1, 0.15) is 0 Å². The van der Waals surface area contributed by atoms with Crippen LogP contribution in [0, 0.1) is 0 Å². The van der Waals surface area contributed by atoms with Crippen LogP contribution in [0.25, 0.3) is 0 Å². The molecule has 1 aliphatic rings.